The number of anilines is 1. The van der Waals surface area contributed by atoms with E-state index in [1.165, 1.54) is 36.2 Å². The molecule has 0 fully saturated rings. The number of nitrogens with zero attached hydrogens (tertiary/aromatic N) is 1. The molecule has 26 heavy (non-hydrogen) atoms. The van der Waals surface area contributed by atoms with Crippen LogP contribution in [-0.4, -0.2) is 36.9 Å². The number of benzene rings is 2. The average molecular weight is 358 g/mol. The lowest BCUT2D eigenvalue weighted by molar-refractivity contribution is -0.135. The molecule has 0 radical (unpaired) electrons. The second-order valence-corrected chi connectivity index (χ2v) is 6.32. The standard InChI is InChI=1S/C20H23FN2O3/c1-13-9-14(2)20(15(3)10-13)26-12-19(25)23(4)11-18(24)22-17-7-5-16(21)6-8-17/h5-10H,11-12H2,1-4H3,(H,22,24). The van der Waals surface area contributed by atoms with E-state index in [-0.39, 0.29) is 30.8 Å². The van der Waals surface area contributed by atoms with E-state index in [2.05, 4.69) is 5.32 Å². The van der Waals surface area contributed by atoms with Crippen LogP contribution in [-0.2, 0) is 9.59 Å². The number of aryl methyl sites for hydroxylation is 3. The van der Waals surface area contributed by atoms with Gasteiger partial charge in [-0.1, -0.05) is 17.7 Å². The van der Waals surface area contributed by atoms with Crippen molar-refractivity contribution in [2.24, 2.45) is 0 Å². The first kappa shape index (κ1) is 19.4. The minimum Gasteiger partial charge on any atom is -0.483 e. The zero-order valence-corrected chi connectivity index (χ0v) is 15.4. The molecule has 5 nitrogen and oxygen atoms in total. The molecule has 0 saturated heterocycles. The first-order chi connectivity index (χ1) is 12.3. The van der Waals surface area contributed by atoms with Crippen molar-refractivity contribution in [2.45, 2.75) is 20.8 Å². The quantitative estimate of drug-likeness (QED) is 0.862. The summed E-state index contributed by atoms with van der Waals surface area (Å²) in [5.41, 5.74) is 3.53. The fraction of sp³-hybridized carbons (Fsp3) is 0.300. The minimum absolute atomic E-state index is 0.120. The number of amides is 2. The van der Waals surface area contributed by atoms with Gasteiger partial charge in [-0.15, -0.1) is 0 Å². The van der Waals surface area contributed by atoms with Crippen molar-refractivity contribution in [2.75, 3.05) is 25.5 Å². The molecule has 0 aliphatic carbocycles. The molecule has 2 aromatic carbocycles. The number of hydrogen-bond donors (Lipinski definition) is 1. The van der Waals surface area contributed by atoms with E-state index in [0.29, 0.717) is 11.4 Å². The Balaban J connectivity index is 1.87. The predicted octanol–water partition coefficient (Wildman–Crippen LogP) is 3.23. The van der Waals surface area contributed by atoms with Gasteiger partial charge in [0.15, 0.2) is 6.61 Å². The van der Waals surface area contributed by atoms with Crippen LogP contribution in [0.25, 0.3) is 0 Å². The van der Waals surface area contributed by atoms with Crippen molar-refractivity contribution in [1.29, 1.82) is 0 Å². The summed E-state index contributed by atoms with van der Waals surface area (Å²) in [7, 11) is 1.53. The molecule has 2 aromatic rings. The van der Waals surface area contributed by atoms with Crippen LogP contribution in [0.1, 0.15) is 16.7 Å². The van der Waals surface area contributed by atoms with Gasteiger partial charge in [-0.05, 0) is 56.2 Å². The molecule has 2 amide bonds. The highest BCUT2D eigenvalue weighted by molar-refractivity contribution is 5.94. The zero-order chi connectivity index (χ0) is 19.3. The van der Waals surface area contributed by atoms with Crippen molar-refractivity contribution >= 4 is 17.5 Å². The summed E-state index contributed by atoms with van der Waals surface area (Å²) in [4.78, 5) is 25.5. The predicted molar refractivity (Wildman–Crippen MR) is 98.8 cm³/mol. The van der Waals surface area contributed by atoms with Gasteiger partial charge in [-0.2, -0.15) is 0 Å². The summed E-state index contributed by atoms with van der Waals surface area (Å²) in [5, 5.41) is 2.61. The molecule has 0 aliphatic rings. The molecule has 6 heteroatoms. The monoisotopic (exact) mass is 358 g/mol. The Morgan fingerprint density at radius 1 is 1.08 bits per heavy atom. The van der Waals surface area contributed by atoms with Crippen LogP contribution in [0.2, 0.25) is 0 Å². The van der Waals surface area contributed by atoms with Crippen molar-refractivity contribution in [3.05, 3.63) is 58.9 Å². The Kier molecular flexibility index (Phi) is 6.33. The third kappa shape index (κ3) is 5.31. The molecule has 0 heterocycles. The van der Waals surface area contributed by atoms with E-state index in [1.807, 2.05) is 32.9 Å². The molecule has 0 bridgehead atoms. The molecule has 0 spiro atoms. The van der Waals surface area contributed by atoms with Gasteiger partial charge in [0.1, 0.15) is 11.6 Å². The number of halogens is 1. The number of ether oxygens (including phenoxy) is 1. The first-order valence-corrected chi connectivity index (χ1v) is 8.26. The van der Waals surface area contributed by atoms with Crippen molar-refractivity contribution in [1.82, 2.24) is 4.90 Å². The van der Waals surface area contributed by atoms with E-state index in [0.717, 1.165) is 16.7 Å². The van der Waals surface area contributed by atoms with Crippen LogP contribution in [0.15, 0.2) is 36.4 Å². The lowest BCUT2D eigenvalue weighted by atomic mass is 10.1. The number of carbonyl (C=O) groups is 2. The fourth-order valence-corrected chi connectivity index (χ4v) is 2.68. The molecule has 0 atom stereocenters. The number of nitrogens with one attached hydrogen (secondary N) is 1. The van der Waals surface area contributed by atoms with Gasteiger partial charge in [0.2, 0.25) is 5.91 Å². The summed E-state index contributed by atoms with van der Waals surface area (Å²) in [5.74, 6) is -0.365. The van der Waals surface area contributed by atoms with Crippen LogP contribution in [0.3, 0.4) is 0 Å². The normalized spacial score (nSPS) is 10.3. The maximum absolute atomic E-state index is 12.9. The van der Waals surface area contributed by atoms with Gasteiger partial charge >= 0.3 is 0 Å². The molecule has 0 aromatic heterocycles. The number of hydrogen-bond acceptors (Lipinski definition) is 3. The van der Waals surface area contributed by atoms with Crippen molar-refractivity contribution in [3.63, 3.8) is 0 Å². The molecule has 1 N–H and O–H groups in total. The number of carbonyl (C=O) groups excluding carboxylic acids is 2. The van der Waals surface area contributed by atoms with Crippen molar-refractivity contribution in [3.8, 4) is 5.75 Å². The minimum atomic E-state index is -0.380. The van der Waals surface area contributed by atoms with Crippen molar-refractivity contribution < 1.29 is 18.7 Å². The lowest BCUT2D eigenvalue weighted by Gasteiger charge is -2.18. The Bertz CT molecular complexity index is 780. The van der Waals surface area contributed by atoms with E-state index in [4.69, 9.17) is 4.74 Å². The second kappa shape index (κ2) is 8.47. The van der Waals surface area contributed by atoms with Gasteiger partial charge in [0.25, 0.3) is 5.91 Å². The molecular weight excluding hydrogens is 335 g/mol. The molecular formula is C20H23FN2O3. The largest absolute Gasteiger partial charge is 0.483 e. The highest BCUT2D eigenvalue weighted by Gasteiger charge is 2.15. The van der Waals surface area contributed by atoms with E-state index in [1.54, 1.807) is 0 Å². The summed E-state index contributed by atoms with van der Waals surface area (Å²) < 4.78 is 18.5. The summed E-state index contributed by atoms with van der Waals surface area (Å²) in [6.45, 7) is 5.60. The van der Waals surface area contributed by atoms with E-state index < -0.39 is 0 Å². The Hall–Kier alpha value is -2.89. The smallest absolute Gasteiger partial charge is 0.260 e. The third-order valence-corrected chi connectivity index (χ3v) is 3.88. The Morgan fingerprint density at radius 3 is 2.23 bits per heavy atom. The van der Waals surface area contributed by atoms with Crippen LogP contribution in [0.5, 0.6) is 5.75 Å². The average Bonchev–Trinajstić information content (AvgIpc) is 2.55. The topological polar surface area (TPSA) is 58.6 Å². The summed E-state index contributed by atoms with van der Waals surface area (Å²) >= 11 is 0. The van der Waals surface area contributed by atoms with Gasteiger partial charge < -0.3 is 15.0 Å². The van der Waals surface area contributed by atoms with Crippen LogP contribution >= 0.6 is 0 Å². The first-order valence-electron chi connectivity index (χ1n) is 8.26. The molecule has 0 aliphatic heterocycles. The molecule has 2 rings (SSSR count). The zero-order valence-electron chi connectivity index (χ0n) is 15.4. The van der Waals surface area contributed by atoms with Crippen LogP contribution in [0, 0.1) is 26.6 Å². The van der Waals surface area contributed by atoms with E-state index >= 15 is 0 Å². The number of likely N-dealkylation sites (N-methyl/N-ethyl adjacent to an activating group) is 1. The van der Waals surface area contributed by atoms with Gasteiger partial charge in [0, 0.05) is 12.7 Å². The Morgan fingerprint density at radius 2 is 1.65 bits per heavy atom. The SMILES string of the molecule is Cc1cc(C)c(OCC(=O)N(C)CC(=O)Nc2ccc(F)cc2)c(C)c1. The molecule has 0 saturated carbocycles. The maximum Gasteiger partial charge on any atom is 0.260 e. The highest BCUT2D eigenvalue weighted by atomic mass is 19.1. The number of rotatable bonds is 6. The maximum atomic E-state index is 12.9. The lowest BCUT2D eigenvalue weighted by Crippen LogP contribution is -2.37. The summed E-state index contributed by atoms with van der Waals surface area (Å²) in [6, 6.07) is 9.41. The van der Waals surface area contributed by atoms with Gasteiger partial charge in [-0.25, -0.2) is 4.39 Å². The fourth-order valence-electron chi connectivity index (χ4n) is 2.68. The van der Waals surface area contributed by atoms with Crippen LogP contribution < -0.4 is 10.1 Å². The summed E-state index contributed by atoms with van der Waals surface area (Å²) in [6.07, 6.45) is 0. The second-order valence-electron chi connectivity index (χ2n) is 6.32. The highest BCUT2D eigenvalue weighted by Crippen LogP contribution is 2.24. The van der Waals surface area contributed by atoms with Crippen LogP contribution in [0.4, 0.5) is 10.1 Å². The molecule has 138 valence electrons. The third-order valence-electron chi connectivity index (χ3n) is 3.88. The van der Waals surface area contributed by atoms with Gasteiger partial charge in [-0.3, -0.25) is 9.59 Å². The molecule has 0 unspecified atom stereocenters. The van der Waals surface area contributed by atoms with E-state index in [9.17, 15) is 14.0 Å². The van der Waals surface area contributed by atoms with Gasteiger partial charge in [0.05, 0.1) is 6.54 Å². The Labute approximate surface area is 152 Å².